The molecule has 2 rings (SSSR count). The Hall–Kier alpha value is -0.930. The van der Waals surface area contributed by atoms with Crippen LogP contribution in [-0.2, 0) is 6.54 Å². The zero-order valence-corrected chi connectivity index (χ0v) is 10.7. The first-order valence-corrected chi connectivity index (χ1v) is 6.64. The maximum atomic E-state index is 4.36. The van der Waals surface area contributed by atoms with Crippen LogP contribution >= 0.6 is 0 Å². The summed E-state index contributed by atoms with van der Waals surface area (Å²) in [6.45, 7) is 4.55. The number of nitrogens with one attached hydrogen (secondary N) is 1. The van der Waals surface area contributed by atoms with E-state index in [2.05, 4.69) is 34.4 Å². The molecule has 0 saturated carbocycles. The molecule has 0 spiro atoms. The molecular weight excluding hydrogens is 210 g/mol. The second kappa shape index (κ2) is 6.72. The molecule has 1 aromatic heterocycles. The molecule has 3 nitrogen and oxygen atoms in total. The van der Waals surface area contributed by atoms with Gasteiger partial charge in [0.25, 0.3) is 0 Å². The number of rotatable bonds is 5. The number of hydrogen-bond acceptors (Lipinski definition) is 3. The molecule has 0 atom stereocenters. The van der Waals surface area contributed by atoms with Crippen molar-refractivity contribution >= 4 is 0 Å². The molecule has 0 amide bonds. The molecule has 0 aliphatic carbocycles. The lowest BCUT2D eigenvalue weighted by atomic mass is 9.94. The highest BCUT2D eigenvalue weighted by Crippen LogP contribution is 2.16. The quantitative estimate of drug-likeness (QED) is 0.842. The summed E-state index contributed by atoms with van der Waals surface area (Å²) in [7, 11) is 2.19. The van der Waals surface area contributed by atoms with Gasteiger partial charge in [-0.3, -0.25) is 4.98 Å². The Morgan fingerprint density at radius 1 is 1.35 bits per heavy atom. The number of aromatic nitrogens is 1. The maximum Gasteiger partial charge on any atom is 0.0543 e. The van der Waals surface area contributed by atoms with Crippen molar-refractivity contribution in [1.29, 1.82) is 0 Å². The highest BCUT2D eigenvalue weighted by atomic mass is 15.1. The molecule has 1 aromatic rings. The molecule has 0 unspecified atom stereocenters. The zero-order chi connectivity index (χ0) is 11.9. The van der Waals surface area contributed by atoms with Crippen molar-refractivity contribution in [2.24, 2.45) is 5.92 Å². The fourth-order valence-corrected chi connectivity index (χ4v) is 2.42. The van der Waals surface area contributed by atoms with Crippen molar-refractivity contribution in [3.63, 3.8) is 0 Å². The molecule has 1 aliphatic heterocycles. The largest absolute Gasteiger partial charge is 0.317 e. The second-order valence-corrected chi connectivity index (χ2v) is 5.04. The Kier molecular flexibility index (Phi) is 4.95. The Balaban J connectivity index is 1.68. The van der Waals surface area contributed by atoms with E-state index in [9.17, 15) is 0 Å². The summed E-state index contributed by atoms with van der Waals surface area (Å²) < 4.78 is 0. The van der Waals surface area contributed by atoms with Crippen molar-refractivity contribution < 1.29 is 0 Å². The fourth-order valence-electron chi connectivity index (χ4n) is 2.42. The molecule has 0 aromatic carbocycles. The van der Waals surface area contributed by atoms with Gasteiger partial charge in [0.1, 0.15) is 0 Å². The van der Waals surface area contributed by atoms with Gasteiger partial charge in [-0.05, 0) is 64.0 Å². The lowest BCUT2D eigenvalue weighted by Gasteiger charge is -2.25. The zero-order valence-electron chi connectivity index (χ0n) is 10.7. The minimum atomic E-state index is 0.919. The summed E-state index contributed by atoms with van der Waals surface area (Å²) >= 11 is 0. The Morgan fingerprint density at radius 3 is 2.88 bits per heavy atom. The summed E-state index contributed by atoms with van der Waals surface area (Å²) in [5, 5.41) is 3.42. The standard InChI is InChI=1S/C14H23N3/c1-17(12-14-4-2-3-8-16-14)11-7-13-5-9-15-10-6-13/h2-4,8,13,15H,5-7,9-12H2,1H3. The number of hydrogen-bond donors (Lipinski definition) is 1. The Bertz CT molecular complexity index is 307. The first kappa shape index (κ1) is 12.5. The minimum Gasteiger partial charge on any atom is -0.317 e. The van der Waals surface area contributed by atoms with E-state index in [1.807, 2.05) is 12.3 Å². The summed E-state index contributed by atoms with van der Waals surface area (Å²) in [4.78, 5) is 6.74. The predicted molar refractivity (Wildman–Crippen MR) is 70.8 cm³/mol. The smallest absolute Gasteiger partial charge is 0.0543 e. The third-order valence-corrected chi connectivity index (χ3v) is 3.54. The van der Waals surface area contributed by atoms with Crippen LogP contribution in [0.25, 0.3) is 0 Å². The van der Waals surface area contributed by atoms with E-state index >= 15 is 0 Å². The fraction of sp³-hybridized carbons (Fsp3) is 0.643. The lowest BCUT2D eigenvalue weighted by Crippen LogP contribution is -2.30. The van der Waals surface area contributed by atoms with Gasteiger partial charge in [0.15, 0.2) is 0 Å². The highest BCUT2D eigenvalue weighted by Gasteiger charge is 2.13. The van der Waals surface area contributed by atoms with Gasteiger partial charge in [0.05, 0.1) is 5.69 Å². The van der Waals surface area contributed by atoms with E-state index in [-0.39, 0.29) is 0 Å². The van der Waals surface area contributed by atoms with Crippen molar-refractivity contribution in [2.45, 2.75) is 25.8 Å². The molecule has 1 N–H and O–H groups in total. The molecular formula is C14H23N3. The highest BCUT2D eigenvalue weighted by molar-refractivity contribution is 5.02. The Morgan fingerprint density at radius 2 is 2.18 bits per heavy atom. The first-order chi connectivity index (χ1) is 8.34. The van der Waals surface area contributed by atoms with Crippen LogP contribution in [-0.4, -0.2) is 36.6 Å². The van der Waals surface area contributed by atoms with Crippen LogP contribution in [0.15, 0.2) is 24.4 Å². The Labute approximate surface area is 104 Å². The van der Waals surface area contributed by atoms with E-state index in [1.54, 1.807) is 0 Å². The average molecular weight is 233 g/mol. The normalized spacial score (nSPS) is 17.5. The summed E-state index contributed by atoms with van der Waals surface area (Å²) in [6, 6.07) is 6.13. The van der Waals surface area contributed by atoms with Gasteiger partial charge in [-0.1, -0.05) is 6.07 Å². The molecule has 0 bridgehead atoms. The molecule has 3 heteroatoms. The van der Waals surface area contributed by atoms with Gasteiger partial charge >= 0.3 is 0 Å². The average Bonchev–Trinajstić information content (AvgIpc) is 2.39. The molecule has 94 valence electrons. The third-order valence-electron chi connectivity index (χ3n) is 3.54. The molecule has 17 heavy (non-hydrogen) atoms. The van der Waals surface area contributed by atoms with Crippen LogP contribution in [0.2, 0.25) is 0 Å². The molecule has 2 heterocycles. The van der Waals surface area contributed by atoms with Crippen LogP contribution in [0, 0.1) is 5.92 Å². The van der Waals surface area contributed by atoms with E-state index < -0.39 is 0 Å². The monoisotopic (exact) mass is 233 g/mol. The second-order valence-electron chi connectivity index (χ2n) is 5.04. The van der Waals surface area contributed by atoms with Gasteiger partial charge in [-0.25, -0.2) is 0 Å². The van der Waals surface area contributed by atoms with Crippen molar-refractivity contribution in [3.8, 4) is 0 Å². The van der Waals surface area contributed by atoms with E-state index in [0.29, 0.717) is 0 Å². The number of pyridine rings is 1. The number of nitrogens with zero attached hydrogens (tertiary/aromatic N) is 2. The SMILES string of the molecule is CN(CCC1CCNCC1)Cc1ccccn1. The third kappa shape index (κ3) is 4.44. The summed E-state index contributed by atoms with van der Waals surface area (Å²) in [6.07, 6.45) is 5.88. The predicted octanol–water partition coefficient (Wildman–Crippen LogP) is 1.90. The van der Waals surface area contributed by atoms with Crippen LogP contribution < -0.4 is 5.32 Å². The molecule has 0 radical (unpaired) electrons. The van der Waals surface area contributed by atoms with Gasteiger partial charge in [0.2, 0.25) is 0 Å². The van der Waals surface area contributed by atoms with Crippen LogP contribution in [0.3, 0.4) is 0 Å². The molecule has 1 aliphatic rings. The van der Waals surface area contributed by atoms with Crippen LogP contribution in [0.1, 0.15) is 25.0 Å². The lowest BCUT2D eigenvalue weighted by molar-refractivity contribution is 0.264. The van der Waals surface area contributed by atoms with E-state index in [0.717, 1.165) is 12.5 Å². The minimum absolute atomic E-state index is 0.919. The summed E-state index contributed by atoms with van der Waals surface area (Å²) in [5.74, 6) is 0.919. The molecule has 1 fully saturated rings. The van der Waals surface area contributed by atoms with Gasteiger partial charge in [-0.15, -0.1) is 0 Å². The van der Waals surface area contributed by atoms with Crippen molar-refractivity contribution in [3.05, 3.63) is 30.1 Å². The van der Waals surface area contributed by atoms with Gasteiger partial charge in [0, 0.05) is 12.7 Å². The summed E-state index contributed by atoms with van der Waals surface area (Å²) in [5.41, 5.74) is 1.17. The van der Waals surface area contributed by atoms with Crippen molar-refractivity contribution in [1.82, 2.24) is 15.2 Å². The van der Waals surface area contributed by atoms with Crippen LogP contribution in [0.4, 0.5) is 0 Å². The van der Waals surface area contributed by atoms with Crippen LogP contribution in [0.5, 0.6) is 0 Å². The molecule has 1 saturated heterocycles. The first-order valence-electron chi connectivity index (χ1n) is 6.64. The van der Waals surface area contributed by atoms with Crippen molar-refractivity contribution in [2.75, 3.05) is 26.7 Å². The van der Waals surface area contributed by atoms with E-state index in [4.69, 9.17) is 0 Å². The van der Waals surface area contributed by atoms with E-state index in [1.165, 1.54) is 44.6 Å². The maximum absolute atomic E-state index is 4.36. The topological polar surface area (TPSA) is 28.2 Å². The number of piperidine rings is 1. The van der Waals surface area contributed by atoms with Gasteiger partial charge in [-0.2, -0.15) is 0 Å². The van der Waals surface area contributed by atoms with Gasteiger partial charge < -0.3 is 10.2 Å².